The molecule has 0 unspecified atom stereocenters. The van der Waals surface area contributed by atoms with Gasteiger partial charge in [0.1, 0.15) is 6.61 Å². The van der Waals surface area contributed by atoms with Crippen LogP contribution in [0.4, 0.5) is 0 Å². The van der Waals surface area contributed by atoms with Crippen LogP contribution in [0.25, 0.3) is 0 Å². The lowest BCUT2D eigenvalue weighted by Crippen LogP contribution is -2.31. The molecule has 3 N–H and O–H groups in total. The minimum absolute atomic E-state index is 0. The summed E-state index contributed by atoms with van der Waals surface area (Å²) in [5, 5.41) is 2.98. The molecule has 5 nitrogen and oxygen atoms in total. The van der Waals surface area contributed by atoms with Crippen molar-refractivity contribution >= 4 is 18.3 Å². The molecule has 1 fully saturated rings. The van der Waals surface area contributed by atoms with E-state index in [1.165, 1.54) is 0 Å². The minimum Gasteiger partial charge on any atom is -0.493 e. The van der Waals surface area contributed by atoms with Gasteiger partial charge in [0, 0.05) is 19.0 Å². The van der Waals surface area contributed by atoms with Gasteiger partial charge in [0.2, 0.25) is 5.91 Å². The summed E-state index contributed by atoms with van der Waals surface area (Å²) in [5.74, 6) is 1.72. The highest BCUT2D eigenvalue weighted by molar-refractivity contribution is 5.85. The predicted octanol–water partition coefficient (Wildman–Crippen LogP) is 3.83. The SMILES string of the molecule is COc1cc(CNC(=O)C[C@@H]2CCC[C@H]2N)ccc1OCc1ccccc1.Cl. The van der Waals surface area contributed by atoms with Crippen molar-refractivity contribution in [1.29, 1.82) is 0 Å². The van der Waals surface area contributed by atoms with E-state index >= 15 is 0 Å². The first-order valence-corrected chi connectivity index (χ1v) is 9.51. The molecule has 2 atom stereocenters. The zero-order valence-electron chi connectivity index (χ0n) is 16.2. The fourth-order valence-electron chi connectivity index (χ4n) is 3.51. The first-order valence-electron chi connectivity index (χ1n) is 9.51. The second-order valence-corrected chi connectivity index (χ2v) is 7.10. The number of carbonyl (C=O) groups excluding carboxylic acids is 1. The van der Waals surface area contributed by atoms with Crippen LogP contribution >= 0.6 is 12.4 Å². The van der Waals surface area contributed by atoms with Crippen LogP contribution in [0.3, 0.4) is 0 Å². The Kier molecular flexibility index (Phi) is 8.61. The number of nitrogens with two attached hydrogens (primary N) is 1. The van der Waals surface area contributed by atoms with E-state index < -0.39 is 0 Å². The molecule has 1 aliphatic carbocycles. The van der Waals surface area contributed by atoms with Crippen LogP contribution < -0.4 is 20.5 Å². The van der Waals surface area contributed by atoms with Crippen molar-refractivity contribution in [3.63, 3.8) is 0 Å². The number of rotatable bonds is 8. The summed E-state index contributed by atoms with van der Waals surface area (Å²) in [7, 11) is 1.62. The first kappa shape index (κ1) is 22.1. The zero-order chi connectivity index (χ0) is 19.1. The van der Waals surface area contributed by atoms with Gasteiger partial charge in [0.25, 0.3) is 0 Å². The molecule has 0 heterocycles. The minimum atomic E-state index is 0. The molecule has 152 valence electrons. The maximum absolute atomic E-state index is 12.2. The average Bonchev–Trinajstić information content (AvgIpc) is 3.10. The third-order valence-corrected chi connectivity index (χ3v) is 5.12. The highest BCUT2D eigenvalue weighted by Crippen LogP contribution is 2.29. The standard InChI is InChI=1S/C22H28N2O3.ClH/c1-26-21-12-17(14-24-22(25)13-18-8-5-9-19(18)23)10-11-20(21)27-15-16-6-3-2-4-7-16;/h2-4,6-7,10-12,18-19H,5,8-9,13-15,23H2,1H3,(H,24,25);1H/t18-,19+;/m0./s1. The van der Waals surface area contributed by atoms with Crippen LogP contribution in [-0.4, -0.2) is 19.1 Å². The summed E-state index contributed by atoms with van der Waals surface area (Å²) in [4.78, 5) is 12.2. The Balaban J connectivity index is 0.00000280. The highest BCUT2D eigenvalue weighted by atomic mass is 35.5. The molecule has 1 amide bonds. The van der Waals surface area contributed by atoms with Gasteiger partial charge in [-0.15, -0.1) is 12.4 Å². The van der Waals surface area contributed by atoms with Gasteiger partial charge in [-0.1, -0.05) is 42.8 Å². The van der Waals surface area contributed by atoms with Gasteiger partial charge in [-0.25, -0.2) is 0 Å². The zero-order valence-corrected chi connectivity index (χ0v) is 17.0. The van der Waals surface area contributed by atoms with E-state index in [1.807, 2.05) is 48.5 Å². The number of hydrogen-bond donors (Lipinski definition) is 2. The summed E-state index contributed by atoms with van der Waals surface area (Å²) in [5.41, 5.74) is 8.12. The van der Waals surface area contributed by atoms with Gasteiger partial charge in [-0.3, -0.25) is 4.79 Å². The molecule has 0 bridgehead atoms. The summed E-state index contributed by atoms with van der Waals surface area (Å²) >= 11 is 0. The Labute approximate surface area is 173 Å². The number of methoxy groups -OCH3 is 1. The molecular formula is C22H29ClN2O3. The Morgan fingerprint density at radius 2 is 1.89 bits per heavy atom. The number of carbonyl (C=O) groups is 1. The molecule has 1 aliphatic rings. The lowest BCUT2D eigenvalue weighted by atomic mass is 10.00. The Bertz CT molecular complexity index is 755. The Morgan fingerprint density at radius 1 is 1.11 bits per heavy atom. The summed E-state index contributed by atoms with van der Waals surface area (Å²) in [6.07, 6.45) is 3.72. The maximum Gasteiger partial charge on any atom is 0.220 e. The Hall–Kier alpha value is -2.24. The summed E-state index contributed by atoms with van der Waals surface area (Å²) in [6.45, 7) is 0.949. The monoisotopic (exact) mass is 404 g/mol. The molecule has 2 aromatic carbocycles. The normalized spacial score (nSPS) is 18.2. The number of amides is 1. The molecule has 2 aromatic rings. The summed E-state index contributed by atoms with van der Waals surface area (Å²) < 4.78 is 11.3. The largest absolute Gasteiger partial charge is 0.493 e. The molecule has 6 heteroatoms. The van der Waals surface area contributed by atoms with E-state index in [0.29, 0.717) is 37.0 Å². The fraction of sp³-hybridized carbons (Fsp3) is 0.409. The number of benzene rings is 2. The smallest absolute Gasteiger partial charge is 0.220 e. The van der Waals surface area contributed by atoms with Crippen molar-refractivity contribution in [1.82, 2.24) is 5.32 Å². The van der Waals surface area contributed by atoms with E-state index in [4.69, 9.17) is 15.2 Å². The highest BCUT2D eigenvalue weighted by Gasteiger charge is 2.25. The van der Waals surface area contributed by atoms with Gasteiger partial charge >= 0.3 is 0 Å². The van der Waals surface area contributed by atoms with Crippen molar-refractivity contribution in [2.75, 3.05) is 7.11 Å². The maximum atomic E-state index is 12.2. The topological polar surface area (TPSA) is 73.6 Å². The molecule has 28 heavy (non-hydrogen) atoms. The van der Waals surface area contributed by atoms with Crippen LogP contribution in [0.15, 0.2) is 48.5 Å². The van der Waals surface area contributed by atoms with E-state index in [-0.39, 0.29) is 24.4 Å². The van der Waals surface area contributed by atoms with Crippen LogP contribution in [0.1, 0.15) is 36.8 Å². The van der Waals surface area contributed by atoms with E-state index in [1.54, 1.807) is 7.11 Å². The van der Waals surface area contributed by atoms with Crippen molar-refractivity contribution in [2.45, 2.75) is 44.9 Å². The second-order valence-electron chi connectivity index (χ2n) is 7.10. The molecule has 1 saturated carbocycles. The van der Waals surface area contributed by atoms with Gasteiger partial charge in [-0.05, 0) is 42.0 Å². The van der Waals surface area contributed by atoms with E-state index in [0.717, 1.165) is 30.4 Å². The molecular weight excluding hydrogens is 376 g/mol. The quantitative estimate of drug-likeness (QED) is 0.701. The molecule has 0 spiro atoms. The summed E-state index contributed by atoms with van der Waals surface area (Å²) in [6, 6.07) is 15.9. The van der Waals surface area contributed by atoms with Crippen molar-refractivity contribution in [3.05, 3.63) is 59.7 Å². The molecule has 0 radical (unpaired) electrons. The second kappa shape index (κ2) is 10.9. The van der Waals surface area contributed by atoms with Crippen LogP contribution in [0.5, 0.6) is 11.5 Å². The molecule has 0 aromatic heterocycles. The number of nitrogens with one attached hydrogen (secondary N) is 1. The number of hydrogen-bond acceptors (Lipinski definition) is 4. The van der Waals surface area contributed by atoms with Crippen molar-refractivity contribution in [2.24, 2.45) is 11.7 Å². The first-order chi connectivity index (χ1) is 13.2. The number of ether oxygens (including phenoxy) is 2. The van der Waals surface area contributed by atoms with Crippen LogP contribution in [0, 0.1) is 5.92 Å². The van der Waals surface area contributed by atoms with Crippen molar-refractivity contribution < 1.29 is 14.3 Å². The van der Waals surface area contributed by atoms with Crippen molar-refractivity contribution in [3.8, 4) is 11.5 Å². The lowest BCUT2D eigenvalue weighted by Gasteiger charge is -2.15. The average molecular weight is 405 g/mol. The predicted molar refractivity (Wildman–Crippen MR) is 113 cm³/mol. The Morgan fingerprint density at radius 3 is 2.57 bits per heavy atom. The van der Waals surface area contributed by atoms with Gasteiger partial charge in [0.05, 0.1) is 7.11 Å². The van der Waals surface area contributed by atoms with Gasteiger partial charge in [0.15, 0.2) is 11.5 Å². The fourth-order valence-corrected chi connectivity index (χ4v) is 3.51. The molecule has 0 aliphatic heterocycles. The molecule has 3 rings (SSSR count). The molecule has 0 saturated heterocycles. The van der Waals surface area contributed by atoms with Crippen LogP contribution in [-0.2, 0) is 17.9 Å². The number of halogens is 1. The van der Waals surface area contributed by atoms with Crippen LogP contribution in [0.2, 0.25) is 0 Å². The van der Waals surface area contributed by atoms with E-state index in [9.17, 15) is 4.79 Å². The third-order valence-electron chi connectivity index (χ3n) is 5.12. The van der Waals surface area contributed by atoms with E-state index in [2.05, 4.69) is 5.32 Å². The van der Waals surface area contributed by atoms with Gasteiger partial charge in [-0.2, -0.15) is 0 Å². The lowest BCUT2D eigenvalue weighted by molar-refractivity contribution is -0.122. The third kappa shape index (κ3) is 6.14. The van der Waals surface area contributed by atoms with Gasteiger partial charge < -0.3 is 20.5 Å².